The van der Waals surface area contributed by atoms with Crippen molar-refractivity contribution >= 4 is 34.5 Å². The van der Waals surface area contributed by atoms with Crippen molar-refractivity contribution in [2.45, 2.75) is 0 Å². The van der Waals surface area contributed by atoms with Crippen LogP contribution in [0.1, 0.15) is 0 Å². The monoisotopic (exact) mass is 288 g/mol. The molecule has 1 heterocycles. The minimum Gasteiger partial charge on any atom is -0.456 e. The van der Waals surface area contributed by atoms with Crippen LogP contribution in [0.5, 0.6) is 0 Å². The minimum atomic E-state index is -1.56. The largest absolute Gasteiger partial charge is 0.492 e. The van der Waals surface area contributed by atoms with Crippen LogP contribution in [0, 0.1) is 0 Å². The highest BCUT2D eigenvalue weighted by atomic mass is 16.4. The van der Waals surface area contributed by atoms with E-state index in [1.807, 2.05) is 60.7 Å². The fourth-order valence-corrected chi connectivity index (χ4v) is 2.91. The first-order chi connectivity index (χ1) is 10.8. The fraction of sp³-hybridized carbons (Fsp3) is 0. The van der Waals surface area contributed by atoms with Crippen LogP contribution in [0.4, 0.5) is 0 Å². The van der Waals surface area contributed by atoms with Crippen molar-refractivity contribution in [2.75, 3.05) is 0 Å². The topological polar surface area (TPSA) is 53.6 Å². The summed E-state index contributed by atoms with van der Waals surface area (Å²) < 4.78 is 5.89. The van der Waals surface area contributed by atoms with Crippen LogP contribution >= 0.6 is 0 Å². The fourth-order valence-electron chi connectivity index (χ4n) is 2.91. The molecule has 0 aliphatic rings. The van der Waals surface area contributed by atoms with E-state index in [1.165, 1.54) is 0 Å². The lowest BCUT2D eigenvalue weighted by Crippen LogP contribution is -2.30. The van der Waals surface area contributed by atoms with Crippen LogP contribution in [-0.4, -0.2) is 17.2 Å². The highest BCUT2D eigenvalue weighted by Crippen LogP contribution is 2.35. The van der Waals surface area contributed by atoms with Crippen molar-refractivity contribution in [3.05, 3.63) is 66.7 Å². The molecule has 0 spiro atoms. The Hall–Kier alpha value is -2.56. The molecule has 3 nitrogen and oxygen atoms in total. The van der Waals surface area contributed by atoms with Crippen molar-refractivity contribution in [3.63, 3.8) is 0 Å². The van der Waals surface area contributed by atoms with E-state index >= 15 is 0 Å². The molecule has 0 unspecified atom stereocenters. The molecule has 4 rings (SSSR count). The number of hydrogen-bond acceptors (Lipinski definition) is 3. The highest BCUT2D eigenvalue weighted by Gasteiger charge is 2.21. The van der Waals surface area contributed by atoms with E-state index in [1.54, 1.807) is 6.07 Å². The molecule has 2 N–H and O–H groups in total. The van der Waals surface area contributed by atoms with Gasteiger partial charge in [-0.25, -0.2) is 0 Å². The lowest BCUT2D eigenvalue weighted by atomic mass is 9.78. The lowest BCUT2D eigenvalue weighted by molar-refractivity contribution is 0.425. The third-order valence-electron chi connectivity index (χ3n) is 3.92. The number of para-hydroxylation sites is 1. The molecule has 0 fully saturated rings. The molecule has 0 amide bonds. The minimum absolute atomic E-state index is 0.380. The van der Waals surface area contributed by atoms with E-state index in [2.05, 4.69) is 0 Å². The quantitative estimate of drug-likeness (QED) is 0.558. The van der Waals surface area contributed by atoms with Crippen LogP contribution in [0.15, 0.2) is 71.1 Å². The van der Waals surface area contributed by atoms with E-state index in [-0.39, 0.29) is 0 Å². The standard InChI is InChI=1S/C18H13BO3/c20-19(21)15-11-10-13(12-6-2-1-3-7-12)17-14-8-4-5-9-16(14)22-18(15)17/h1-11,20-21H. The molecule has 0 saturated carbocycles. The van der Waals surface area contributed by atoms with Gasteiger partial charge in [-0.15, -0.1) is 0 Å². The first kappa shape index (κ1) is 13.1. The molecule has 106 valence electrons. The number of hydrogen-bond donors (Lipinski definition) is 2. The maximum Gasteiger partial charge on any atom is 0.492 e. The van der Waals surface area contributed by atoms with Gasteiger partial charge in [0, 0.05) is 16.2 Å². The van der Waals surface area contributed by atoms with Gasteiger partial charge in [0.2, 0.25) is 0 Å². The smallest absolute Gasteiger partial charge is 0.456 e. The van der Waals surface area contributed by atoms with Gasteiger partial charge in [0.25, 0.3) is 0 Å². The van der Waals surface area contributed by atoms with Crippen molar-refractivity contribution in [2.24, 2.45) is 0 Å². The number of furan rings is 1. The van der Waals surface area contributed by atoms with E-state index in [0.29, 0.717) is 11.0 Å². The first-order valence-corrected chi connectivity index (χ1v) is 7.11. The van der Waals surface area contributed by atoms with Crippen LogP contribution < -0.4 is 5.46 Å². The summed E-state index contributed by atoms with van der Waals surface area (Å²) in [6.45, 7) is 0. The van der Waals surface area contributed by atoms with E-state index in [0.717, 1.165) is 27.5 Å². The second-order valence-corrected chi connectivity index (χ2v) is 5.24. The van der Waals surface area contributed by atoms with Crippen LogP contribution in [-0.2, 0) is 0 Å². The summed E-state index contributed by atoms with van der Waals surface area (Å²) in [7, 11) is -1.56. The number of benzene rings is 3. The molecule has 0 atom stereocenters. The Labute approximate surface area is 127 Å². The Morgan fingerprint density at radius 2 is 1.50 bits per heavy atom. The summed E-state index contributed by atoms with van der Waals surface area (Å²) in [6.07, 6.45) is 0. The van der Waals surface area contributed by atoms with Crippen LogP contribution in [0.2, 0.25) is 0 Å². The maximum atomic E-state index is 9.60. The third kappa shape index (κ3) is 1.93. The second kappa shape index (κ2) is 5.02. The highest BCUT2D eigenvalue weighted by molar-refractivity contribution is 6.62. The molecular weight excluding hydrogens is 275 g/mol. The third-order valence-corrected chi connectivity index (χ3v) is 3.92. The molecule has 4 aromatic rings. The SMILES string of the molecule is OB(O)c1ccc(-c2ccccc2)c2c1oc1ccccc12. The Balaban J connectivity index is 2.17. The summed E-state index contributed by atoms with van der Waals surface area (Å²) in [5, 5.41) is 21.1. The molecule has 0 aliphatic carbocycles. The molecule has 0 bridgehead atoms. The summed E-state index contributed by atoms with van der Waals surface area (Å²) in [6, 6.07) is 21.4. The summed E-state index contributed by atoms with van der Waals surface area (Å²) >= 11 is 0. The van der Waals surface area contributed by atoms with Gasteiger partial charge in [0.15, 0.2) is 0 Å². The maximum absolute atomic E-state index is 9.60. The zero-order valence-electron chi connectivity index (χ0n) is 11.7. The van der Waals surface area contributed by atoms with Crippen molar-refractivity contribution in [1.29, 1.82) is 0 Å². The van der Waals surface area contributed by atoms with Crippen molar-refractivity contribution < 1.29 is 14.5 Å². The van der Waals surface area contributed by atoms with Crippen molar-refractivity contribution in [1.82, 2.24) is 0 Å². The predicted octanol–water partition coefficient (Wildman–Crippen LogP) is 2.93. The molecule has 22 heavy (non-hydrogen) atoms. The molecule has 0 radical (unpaired) electrons. The summed E-state index contributed by atoms with van der Waals surface area (Å²) in [4.78, 5) is 0. The number of rotatable bonds is 2. The predicted molar refractivity (Wildman–Crippen MR) is 89.0 cm³/mol. The normalized spacial score (nSPS) is 11.2. The summed E-state index contributed by atoms with van der Waals surface area (Å²) in [5.74, 6) is 0. The second-order valence-electron chi connectivity index (χ2n) is 5.24. The molecular formula is C18H13BO3. The molecule has 3 aromatic carbocycles. The Bertz CT molecular complexity index is 958. The zero-order valence-corrected chi connectivity index (χ0v) is 11.7. The van der Waals surface area contributed by atoms with E-state index in [9.17, 15) is 10.0 Å². The Morgan fingerprint density at radius 3 is 2.27 bits per heavy atom. The van der Waals surface area contributed by atoms with Gasteiger partial charge in [-0.1, -0.05) is 60.7 Å². The van der Waals surface area contributed by atoms with E-state index in [4.69, 9.17) is 4.42 Å². The van der Waals surface area contributed by atoms with Gasteiger partial charge in [-0.2, -0.15) is 0 Å². The van der Waals surface area contributed by atoms with Crippen molar-refractivity contribution in [3.8, 4) is 11.1 Å². The van der Waals surface area contributed by atoms with Crippen LogP contribution in [0.25, 0.3) is 33.1 Å². The zero-order chi connectivity index (χ0) is 15.1. The van der Waals surface area contributed by atoms with Gasteiger partial charge in [-0.05, 0) is 17.2 Å². The summed E-state index contributed by atoms with van der Waals surface area (Å²) in [5.41, 5.74) is 3.73. The first-order valence-electron chi connectivity index (χ1n) is 7.11. The van der Waals surface area contributed by atoms with E-state index < -0.39 is 7.12 Å². The van der Waals surface area contributed by atoms with Gasteiger partial charge in [0.05, 0.1) is 0 Å². The molecule has 1 aromatic heterocycles. The molecule has 0 saturated heterocycles. The molecule has 0 aliphatic heterocycles. The average Bonchev–Trinajstić information content (AvgIpc) is 2.94. The van der Waals surface area contributed by atoms with Crippen LogP contribution in [0.3, 0.4) is 0 Å². The molecule has 4 heteroatoms. The number of fused-ring (bicyclic) bond motifs is 3. The van der Waals surface area contributed by atoms with Gasteiger partial charge in [0.1, 0.15) is 11.2 Å². The average molecular weight is 288 g/mol. The van der Waals surface area contributed by atoms with Gasteiger partial charge < -0.3 is 14.5 Å². The Kier molecular flexibility index (Phi) is 3.00. The lowest BCUT2D eigenvalue weighted by Gasteiger charge is -2.07. The van der Waals surface area contributed by atoms with Gasteiger partial charge >= 0.3 is 7.12 Å². The van der Waals surface area contributed by atoms with Gasteiger partial charge in [-0.3, -0.25) is 0 Å². The Morgan fingerprint density at radius 1 is 0.773 bits per heavy atom.